The molecule has 18 heavy (non-hydrogen) atoms. The minimum atomic E-state index is 0.565. The lowest BCUT2D eigenvalue weighted by atomic mass is 10.00. The van der Waals surface area contributed by atoms with Crippen LogP contribution >= 0.6 is 0 Å². The van der Waals surface area contributed by atoms with Gasteiger partial charge in [-0.25, -0.2) is 0 Å². The Bertz CT molecular complexity index is 531. The van der Waals surface area contributed by atoms with Gasteiger partial charge in [-0.2, -0.15) is 0 Å². The highest BCUT2D eigenvalue weighted by atomic mass is 14.9. The summed E-state index contributed by atoms with van der Waals surface area (Å²) in [5, 5.41) is 3.56. The number of hydrogen-bond acceptors (Lipinski definition) is 1. The van der Waals surface area contributed by atoms with Gasteiger partial charge in [-0.1, -0.05) is 55.5 Å². The zero-order valence-electron chi connectivity index (χ0n) is 10.8. The van der Waals surface area contributed by atoms with Crippen LogP contribution in [0.1, 0.15) is 30.5 Å². The highest BCUT2D eigenvalue weighted by Gasteiger charge is 2.21. The number of hydrogen-bond donors (Lipinski definition) is 1. The van der Waals surface area contributed by atoms with Crippen LogP contribution in [0.25, 0.3) is 11.1 Å². The van der Waals surface area contributed by atoms with Crippen molar-refractivity contribution in [1.29, 1.82) is 0 Å². The number of fused-ring (bicyclic) bond motifs is 1. The standard InChI is InChI=1S/C17H19N/c1-2-18-17-11-9-15-12-14(8-10-16(15)17)13-6-4-3-5-7-13/h3-8,10,12,17-18H,2,9,11H2,1H3. The van der Waals surface area contributed by atoms with Gasteiger partial charge in [0.25, 0.3) is 0 Å². The lowest BCUT2D eigenvalue weighted by Crippen LogP contribution is -2.18. The number of rotatable bonds is 3. The van der Waals surface area contributed by atoms with Gasteiger partial charge in [0.1, 0.15) is 0 Å². The predicted molar refractivity (Wildman–Crippen MR) is 76.6 cm³/mol. The minimum absolute atomic E-state index is 0.565. The molecule has 0 bridgehead atoms. The van der Waals surface area contributed by atoms with Crippen molar-refractivity contribution in [2.45, 2.75) is 25.8 Å². The fourth-order valence-electron chi connectivity index (χ4n) is 2.89. The van der Waals surface area contributed by atoms with E-state index in [1.54, 1.807) is 0 Å². The van der Waals surface area contributed by atoms with Crippen LogP contribution < -0.4 is 5.32 Å². The van der Waals surface area contributed by atoms with Crippen molar-refractivity contribution >= 4 is 0 Å². The third-order valence-corrected chi connectivity index (χ3v) is 3.78. The zero-order chi connectivity index (χ0) is 12.4. The molecule has 1 aliphatic carbocycles. The quantitative estimate of drug-likeness (QED) is 0.852. The fourth-order valence-corrected chi connectivity index (χ4v) is 2.89. The van der Waals surface area contributed by atoms with Crippen molar-refractivity contribution in [1.82, 2.24) is 5.32 Å². The first-order chi connectivity index (χ1) is 8.88. The average Bonchev–Trinajstić information content (AvgIpc) is 2.83. The Kier molecular flexibility index (Phi) is 3.16. The van der Waals surface area contributed by atoms with Crippen LogP contribution in [0, 0.1) is 0 Å². The SMILES string of the molecule is CCNC1CCc2cc(-c3ccccc3)ccc21. The van der Waals surface area contributed by atoms with Gasteiger partial charge in [0.15, 0.2) is 0 Å². The summed E-state index contributed by atoms with van der Waals surface area (Å²) in [6.45, 7) is 3.22. The van der Waals surface area contributed by atoms with Crippen LogP contribution in [-0.4, -0.2) is 6.54 Å². The van der Waals surface area contributed by atoms with Crippen molar-refractivity contribution in [2.24, 2.45) is 0 Å². The van der Waals surface area contributed by atoms with Gasteiger partial charge in [-0.15, -0.1) is 0 Å². The van der Waals surface area contributed by atoms with Crippen LogP contribution in [0.4, 0.5) is 0 Å². The molecule has 3 rings (SSSR count). The molecule has 1 atom stereocenters. The van der Waals surface area contributed by atoms with E-state index in [0.29, 0.717) is 6.04 Å². The fraction of sp³-hybridized carbons (Fsp3) is 0.294. The molecule has 0 aliphatic heterocycles. The number of aryl methyl sites for hydroxylation is 1. The van der Waals surface area contributed by atoms with E-state index in [9.17, 15) is 0 Å². The lowest BCUT2D eigenvalue weighted by molar-refractivity contribution is 0.549. The lowest BCUT2D eigenvalue weighted by Gasteiger charge is -2.12. The molecule has 0 saturated heterocycles. The number of nitrogens with one attached hydrogen (secondary N) is 1. The highest BCUT2D eigenvalue weighted by molar-refractivity contribution is 5.65. The maximum Gasteiger partial charge on any atom is 0.0326 e. The molecule has 1 aliphatic rings. The Labute approximate surface area is 109 Å². The molecule has 1 heteroatoms. The largest absolute Gasteiger partial charge is 0.310 e. The first-order valence-corrected chi connectivity index (χ1v) is 6.80. The molecule has 92 valence electrons. The summed E-state index contributed by atoms with van der Waals surface area (Å²) in [7, 11) is 0. The van der Waals surface area contributed by atoms with Crippen LogP contribution in [0.3, 0.4) is 0 Å². The third kappa shape index (κ3) is 2.06. The molecular formula is C17H19N. The first kappa shape index (κ1) is 11.5. The third-order valence-electron chi connectivity index (χ3n) is 3.78. The van der Waals surface area contributed by atoms with E-state index in [4.69, 9.17) is 0 Å². The smallest absolute Gasteiger partial charge is 0.0326 e. The summed E-state index contributed by atoms with van der Waals surface area (Å²) in [5.41, 5.74) is 5.66. The molecule has 0 radical (unpaired) electrons. The van der Waals surface area contributed by atoms with Crippen molar-refractivity contribution in [3.63, 3.8) is 0 Å². The van der Waals surface area contributed by atoms with Crippen LogP contribution in [0.15, 0.2) is 48.5 Å². The van der Waals surface area contributed by atoms with E-state index in [1.807, 2.05) is 0 Å². The second kappa shape index (κ2) is 4.95. The van der Waals surface area contributed by atoms with E-state index in [1.165, 1.54) is 35.1 Å². The van der Waals surface area contributed by atoms with E-state index >= 15 is 0 Å². The van der Waals surface area contributed by atoms with Crippen molar-refractivity contribution in [3.8, 4) is 11.1 Å². The summed E-state index contributed by atoms with van der Waals surface area (Å²) in [4.78, 5) is 0. The Balaban J connectivity index is 1.94. The predicted octanol–water partition coefficient (Wildman–Crippen LogP) is 3.95. The minimum Gasteiger partial charge on any atom is -0.310 e. The van der Waals surface area contributed by atoms with Gasteiger partial charge in [0.05, 0.1) is 0 Å². The Hall–Kier alpha value is -1.60. The molecule has 0 fully saturated rings. The summed E-state index contributed by atoms with van der Waals surface area (Å²) in [6.07, 6.45) is 2.44. The molecule has 1 N–H and O–H groups in total. The van der Waals surface area contributed by atoms with E-state index < -0.39 is 0 Å². The monoisotopic (exact) mass is 237 g/mol. The Morgan fingerprint density at radius 1 is 1.06 bits per heavy atom. The summed E-state index contributed by atoms with van der Waals surface area (Å²) >= 11 is 0. The molecule has 1 unspecified atom stereocenters. The molecule has 0 heterocycles. The van der Waals surface area contributed by atoms with E-state index in [2.05, 4.69) is 60.8 Å². The van der Waals surface area contributed by atoms with Gasteiger partial charge in [0.2, 0.25) is 0 Å². The summed E-state index contributed by atoms with van der Waals surface area (Å²) < 4.78 is 0. The molecule has 1 nitrogen and oxygen atoms in total. The van der Waals surface area contributed by atoms with Crippen molar-refractivity contribution in [2.75, 3.05) is 6.54 Å². The molecule has 2 aromatic carbocycles. The van der Waals surface area contributed by atoms with E-state index in [0.717, 1.165) is 6.54 Å². The highest BCUT2D eigenvalue weighted by Crippen LogP contribution is 2.34. The zero-order valence-corrected chi connectivity index (χ0v) is 10.8. The van der Waals surface area contributed by atoms with Gasteiger partial charge in [-0.3, -0.25) is 0 Å². The topological polar surface area (TPSA) is 12.0 Å². The molecule has 0 aromatic heterocycles. The van der Waals surface area contributed by atoms with Gasteiger partial charge in [0, 0.05) is 6.04 Å². The summed E-state index contributed by atoms with van der Waals surface area (Å²) in [5.74, 6) is 0. The molecule has 2 aromatic rings. The Morgan fingerprint density at radius 3 is 2.67 bits per heavy atom. The second-order valence-electron chi connectivity index (χ2n) is 4.93. The van der Waals surface area contributed by atoms with Crippen LogP contribution in [-0.2, 0) is 6.42 Å². The maximum atomic E-state index is 3.56. The molecule has 0 saturated carbocycles. The van der Waals surface area contributed by atoms with Crippen LogP contribution in [0.2, 0.25) is 0 Å². The second-order valence-corrected chi connectivity index (χ2v) is 4.93. The van der Waals surface area contributed by atoms with E-state index in [-0.39, 0.29) is 0 Å². The normalized spacial score (nSPS) is 17.7. The number of benzene rings is 2. The van der Waals surface area contributed by atoms with Crippen LogP contribution in [0.5, 0.6) is 0 Å². The summed E-state index contributed by atoms with van der Waals surface area (Å²) in [6, 6.07) is 18.1. The first-order valence-electron chi connectivity index (χ1n) is 6.80. The molecular weight excluding hydrogens is 218 g/mol. The maximum absolute atomic E-state index is 3.56. The Morgan fingerprint density at radius 2 is 1.89 bits per heavy atom. The van der Waals surface area contributed by atoms with Gasteiger partial charge in [-0.05, 0) is 41.6 Å². The van der Waals surface area contributed by atoms with Crippen molar-refractivity contribution < 1.29 is 0 Å². The van der Waals surface area contributed by atoms with Crippen molar-refractivity contribution in [3.05, 3.63) is 59.7 Å². The van der Waals surface area contributed by atoms with Gasteiger partial charge < -0.3 is 5.32 Å². The van der Waals surface area contributed by atoms with Gasteiger partial charge >= 0.3 is 0 Å². The average molecular weight is 237 g/mol. The molecule has 0 spiro atoms. The molecule has 0 amide bonds.